The maximum atomic E-state index is 12.4. The average Bonchev–Trinajstić information content (AvgIpc) is 3.11. The first kappa shape index (κ1) is 17.0. The smallest absolute Gasteiger partial charge is 0.264 e. The van der Waals surface area contributed by atoms with Crippen LogP contribution in [-0.4, -0.2) is 47.8 Å². The molecule has 1 aliphatic heterocycles. The summed E-state index contributed by atoms with van der Waals surface area (Å²) in [5.74, 6) is -0.345. The number of amides is 2. The number of nitrogens with zero attached hydrogens (tertiary/aromatic N) is 2. The molecule has 24 heavy (non-hydrogen) atoms. The van der Waals surface area contributed by atoms with Crippen molar-refractivity contribution in [2.75, 3.05) is 26.2 Å². The number of rotatable bonds is 4. The number of thiophene rings is 1. The van der Waals surface area contributed by atoms with Gasteiger partial charge in [0, 0.05) is 31.2 Å². The van der Waals surface area contributed by atoms with E-state index in [4.69, 9.17) is 17.3 Å². The molecule has 1 aliphatic rings. The molecular formula is C17H18ClN3O2S. The first-order valence-corrected chi connectivity index (χ1v) is 8.93. The van der Waals surface area contributed by atoms with Gasteiger partial charge in [0.25, 0.3) is 5.91 Å². The molecule has 7 heteroatoms. The van der Waals surface area contributed by atoms with Crippen LogP contribution in [0.4, 0.5) is 0 Å². The molecule has 0 bridgehead atoms. The molecule has 0 spiro atoms. The first-order valence-electron chi connectivity index (χ1n) is 7.68. The van der Waals surface area contributed by atoms with E-state index in [1.54, 1.807) is 12.1 Å². The van der Waals surface area contributed by atoms with Crippen LogP contribution < -0.4 is 5.73 Å². The Labute approximate surface area is 149 Å². The van der Waals surface area contributed by atoms with E-state index < -0.39 is 11.9 Å². The second kappa shape index (κ2) is 7.34. The summed E-state index contributed by atoms with van der Waals surface area (Å²) in [6.45, 7) is 2.36. The van der Waals surface area contributed by atoms with Crippen LogP contribution >= 0.6 is 22.9 Å². The van der Waals surface area contributed by atoms with Crippen molar-refractivity contribution in [3.63, 3.8) is 0 Å². The van der Waals surface area contributed by atoms with Crippen molar-refractivity contribution in [1.82, 2.24) is 9.80 Å². The summed E-state index contributed by atoms with van der Waals surface area (Å²) in [7, 11) is 0. The first-order chi connectivity index (χ1) is 11.6. The molecule has 5 nitrogen and oxygen atoms in total. The Morgan fingerprint density at radius 2 is 1.75 bits per heavy atom. The van der Waals surface area contributed by atoms with Crippen LogP contribution in [-0.2, 0) is 4.79 Å². The molecule has 1 aromatic carbocycles. The number of nitrogens with two attached hydrogens (primary N) is 1. The summed E-state index contributed by atoms with van der Waals surface area (Å²) in [5, 5.41) is 2.51. The van der Waals surface area contributed by atoms with Crippen molar-refractivity contribution < 1.29 is 9.59 Å². The Kier molecular flexibility index (Phi) is 5.18. The molecule has 2 heterocycles. The predicted molar refractivity (Wildman–Crippen MR) is 95.2 cm³/mol. The molecule has 1 saturated heterocycles. The predicted octanol–water partition coefficient (Wildman–Crippen LogP) is 2.39. The molecule has 1 fully saturated rings. The van der Waals surface area contributed by atoms with Gasteiger partial charge in [0.05, 0.1) is 4.88 Å². The van der Waals surface area contributed by atoms with Gasteiger partial charge in [-0.1, -0.05) is 29.8 Å². The third-order valence-electron chi connectivity index (χ3n) is 4.15. The lowest BCUT2D eigenvalue weighted by Gasteiger charge is -2.38. The number of hydrogen-bond donors (Lipinski definition) is 1. The second-order valence-corrected chi connectivity index (χ2v) is 7.05. The van der Waals surface area contributed by atoms with Crippen molar-refractivity contribution in [2.45, 2.75) is 6.04 Å². The number of primary amides is 1. The normalized spacial score (nSPS) is 16.8. The zero-order chi connectivity index (χ0) is 17.1. The van der Waals surface area contributed by atoms with Crippen LogP contribution in [0, 0.1) is 0 Å². The number of carbonyl (C=O) groups is 2. The molecule has 3 rings (SSSR count). The van der Waals surface area contributed by atoms with E-state index in [1.807, 2.05) is 39.4 Å². The van der Waals surface area contributed by atoms with Crippen molar-refractivity contribution in [2.24, 2.45) is 5.73 Å². The maximum Gasteiger partial charge on any atom is 0.264 e. The fourth-order valence-electron chi connectivity index (χ4n) is 2.94. The van der Waals surface area contributed by atoms with Crippen LogP contribution in [0.1, 0.15) is 21.3 Å². The van der Waals surface area contributed by atoms with Gasteiger partial charge >= 0.3 is 0 Å². The molecular weight excluding hydrogens is 346 g/mol. The quantitative estimate of drug-likeness (QED) is 0.906. The Morgan fingerprint density at radius 3 is 2.29 bits per heavy atom. The highest BCUT2D eigenvalue weighted by Gasteiger charge is 2.30. The van der Waals surface area contributed by atoms with E-state index in [0.717, 1.165) is 10.4 Å². The Bertz CT molecular complexity index is 710. The molecule has 1 aromatic heterocycles. The largest absolute Gasteiger partial charge is 0.368 e. The van der Waals surface area contributed by atoms with E-state index in [9.17, 15) is 9.59 Å². The van der Waals surface area contributed by atoms with Crippen molar-refractivity contribution in [3.8, 4) is 0 Å². The molecule has 0 saturated carbocycles. The van der Waals surface area contributed by atoms with Crippen LogP contribution in [0.2, 0.25) is 5.02 Å². The van der Waals surface area contributed by atoms with E-state index in [-0.39, 0.29) is 5.91 Å². The Morgan fingerprint density at radius 1 is 1.08 bits per heavy atom. The van der Waals surface area contributed by atoms with Gasteiger partial charge in [0.15, 0.2) is 0 Å². The maximum absolute atomic E-state index is 12.4. The minimum Gasteiger partial charge on any atom is -0.368 e. The van der Waals surface area contributed by atoms with Gasteiger partial charge < -0.3 is 10.6 Å². The minimum absolute atomic E-state index is 0.0479. The SMILES string of the molecule is NC(=O)C(c1ccc(Cl)cc1)N1CCN(C(=O)c2cccs2)CC1. The van der Waals surface area contributed by atoms with E-state index in [0.29, 0.717) is 31.2 Å². The highest BCUT2D eigenvalue weighted by molar-refractivity contribution is 7.12. The van der Waals surface area contributed by atoms with Gasteiger partial charge in [0.2, 0.25) is 5.91 Å². The lowest BCUT2D eigenvalue weighted by Crippen LogP contribution is -2.51. The number of halogens is 1. The summed E-state index contributed by atoms with van der Waals surface area (Å²) in [6, 6.07) is 10.4. The Balaban J connectivity index is 1.68. The zero-order valence-electron chi connectivity index (χ0n) is 13.0. The lowest BCUT2D eigenvalue weighted by molar-refractivity contribution is -0.124. The van der Waals surface area contributed by atoms with Crippen LogP contribution in [0.25, 0.3) is 0 Å². The van der Waals surface area contributed by atoms with Crippen LogP contribution in [0.15, 0.2) is 41.8 Å². The van der Waals surface area contributed by atoms with Gasteiger partial charge in [-0.15, -0.1) is 11.3 Å². The molecule has 126 valence electrons. The standard InChI is InChI=1S/C17H18ClN3O2S/c18-13-5-3-12(4-6-13)15(16(19)22)20-7-9-21(10-8-20)17(23)14-2-1-11-24-14/h1-6,11,15H,7-10H2,(H2,19,22). The summed E-state index contributed by atoms with van der Waals surface area (Å²) in [5.41, 5.74) is 6.44. The molecule has 1 unspecified atom stereocenters. The molecule has 2 aromatic rings. The molecule has 2 amide bonds. The molecule has 1 atom stereocenters. The van der Waals surface area contributed by atoms with E-state index >= 15 is 0 Å². The summed E-state index contributed by atoms with van der Waals surface area (Å²) < 4.78 is 0. The summed E-state index contributed by atoms with van der Waals surface area (Å²) >= 11 is 7.36. The highest BCUT2D eigenvalue weighted by Crippen LogP contribution is 2.24. The van der Waals surface area contributed by atoms with Crippen molar-refractivity contribution in [1.29, 1.82) is 0 Å². The van der Waals surface area contributed by atoms with Gasteiger partial charge in [-0.2, -0.15) is 0 Å². The van der Waals surface area contributed by atoms with E-state index in [2.05, 4.69) is 0 Å². The molecule has 2 N–H and O–H groups in total. The number of benzene rings is 1. The Hall–Kier alpha value is -1.89. The minimum atomic E-state index is -0.499. The number of hydrogen-bond acceptors (Lipinski definition) is 4. The monoisotopic (exact) mass is 363 g/mol. The lowest BCUT2D eigenvalue weighted by atomic mass is 10.0. The summed E-state index contributed by atoms with van der Waals surface area (Å²) in [4.78, 5) is 28.9. The highest BCUT2D eigenvalue weighted by atomic mass is 35.5. The third kappa shape index (κ3) is 3.61. The van der Waals surface area contributed by atoms with E-state index in [1.165, 1.54) is 11.3 Å². The topological polar surface area (TPSA) is 66.6 Å². The van der Waals surface area contributed by atoms with Gasteiger partial charge in [0.1, 0.15) is 6.04 Å². The van der Waals surface area contributed by atoms with Crippen molar-refractivity contribution in [3.05, 3.63) is 57.2 Å². The second-order valence-electron chi connectivity index (χ2n) is 5.66. The van der Waals surface area contributed by atoms with Gasteiger partial charge in [-0.05, 0) is 29.1 Å². The zero-order valence-corrected chi connectivity index (χ0v) is 14.6. The number of carbonyl (C=O) groups excluding carboxylic acids is 2. The average molecular weight is 364 g/mol. The third-order valence-corrected chi connectivity index (χ3v) is 5.26. The molecule has 0 aliphatic carbocycles. The van der Waals surface area contributed by atoms with Crippen molar-refractivity contribution >= 4 is 34.8 Å². The molecule has 0 radical (unpaired) electrons. The van der Waals surface area contributed by atoms with Gasteiger partial charge in [-0.25, -0.2) is 0 Å². The fraction of sp³-hybridized carbons (Fsp3) is 0.294. The summed E-state index contributed by atoms with van der Waals surface area (Å²) in [6.07, 6.45) is 0. The van der Waals surface area contributed by atoms with Gasteiger partial charge in [-0.3, -0.25) is 14.5 Å². The number of piperazine rings is 1. The fourth-order valence-corrected chi connectivity index (χ4v) is 3.76. The van der Waals surface area contributed by atoms with Crippen LogP contribution in [0.3, 0.4) is 0 Å². The van der Waals surface area contributed by atoms with Crippen LogP contribution in [0.5, 0.6) is 0 Å².